The highest BCUT2D eigenvalue weighted by atomic mass is 32.2. The molecule has 13 heteroatoms. The second-order valence-corrected chi connectivity index (χ2v) is 8.27. The number of hydrogen-bond donors (Lipinski definition) is 1. The Bertz CT molecular complexity index is 1190. The molecular formula is C19H14F3N3O5S2. The molecule has 3 aromatic rings. The zero-order chi connectivity index (χ0) is 23.3. The number of carbonyl (C=O) groups is 2. The van der Waals surface area contributed by atoms with Crippen LogP contribution in [0.1, 0.15) is 35.0 Å². The Morgan fingerprint density at radius 3 is 2.69 bits per heavy atom. The summed E-state index contributed by atoms with van der Waals surface area (Å²) in [5, 5.41) is 10.6. The number of rotatable bonds is 7. The number of alkyl halides is 3. The summed E-state index contributed by atoms with van der Waals surface area (Å²) in [5.74, 6) is -1.68. The molecule has 0 aliphatic heterocycles. The molecule has 0 aliphatic carbocycles. The van der Waals surface area contributed by atoms with Gasteiger partial charge in [-0.3, -0.25) is 9.59 Å². The molecule has 0 unspecified atom stereocenters. The van der Waals surface area contributed by atoms with Gasteiger partial charge in [0.2, 0.25) is 22.2 Å². The quantitative estimate of drug-likeness (QED) is 0.298. The van der Waals surface area contributed by atoms with E-state index in [2.05, 4.69) is 15.5 Å². The van der Waals surface area contributed by atoms with Gasteiger partial charge in [-0.25, -0.2) is 4.79 Å². The molecule has 2 aromatic heterocycles. The van der Waals surface area contributed by atoms with E-state index in [-0.39, 0.29) is 17.4 Å². The standard InChI is InChI=1S/C19H14F3N3O5S2/c1-2-15(27)23-17-24-25-18(32-17)31-9-10-7-13(26)14(8-29-10)30-16(28)11-5-3-4-6-12(11)19(20,21)22/h3-8H,2,9H2,1H3,(H,23,24,27). The summed E-state index contributed by atoms with van der Waals surface area (Å²) in [6.07, 6.45) is -3.60. The Kier molecular flexibility index (Phi) is 7.30. The highest BCUT2D eigenvalue weighted by Crippen LogP contribution is 2.32. The largest absolute Gasteiger partial charge is 0.464 e. The number of halogens is 3. The van der Waals surface area contributed by atoms with Crippen molar-refractivity contribution < 1.29 is 31.9 Å². The lowest BCUT2D eigenvalue weighted by Crippen LogP contribution is -2.19. The Morgan fingerprint density at radius 1 is 1.25 bits per heavy atom. The first kappa shape index (κ1) is 23.5. The van der Waals surface area contributed by atoms with E-state index >= 15 is 0 Å². The molecule has 8 nitrogen and oxygen atoms in total. The molecule has 0 saturated heterocycles. The van der Waals surface area contributed by atoms with Gasteiger partial charge < -0.3 is 14.5 Å². The van der Waals surface area contributed by atoms with Crippen LogP contribution in [0.2, 0.25) is 0 Å². The zero-order valence-corrected chi connectivity index (χ0v) is 17.9. The average Bonchev–Trinajstić information content (AvgIpc) is 3.20. The van der Waals surface area contributed by atoms with Crippen LogP contribution in [0.5, 0.6) is 5.75 Å². The second-order valence-electron chi connectivity index (χ2n) is 6.07. The summed E-state index contributed by atoms with van der Waals surface area (Å²) in [5.41, 5.74) is -2.63. The first-order valence-electron chi connectivity index (χ1n) is 8.93. The summed E-state index contributed by atoms with van der Waals surface area (Å²) < 4.78 is 49.8. The lowest BCUT2D eigenvalue weighted by atomic mass is 10.1. The minimum atomic E-state index is -4.76. The number of anilines is 1. The summed E-state index contributed by atoms with van der Waals surface area (Å²) in [7, 11) is 0. The van der Waals surface area contributed by atoms with Gasteiger partial charge in [-0.1, -0.05) is 42.2 Å². The first-order chi connectivity index (χ1) is 15.2. The molecule has 0 fully saturated rings. The smallest absolute Gasteiger partial charge is 0.417 e. The van der Waals surface area contributed by atoms with E-state index in [1.54, 1.807) is 6.92 Å². The van der Waals surface area contributed by atoms with E-state index in [1.165, 1.54) is 17.8 Å². The minimum Gasteiger partial charge on any atom is -0.464 e. The van der Waals surface area contributed by atoms with Crippen LogP contribution < -0.4 is 15.5 Å². The monoisotopic (exact) mass is 485 g/mol. The second kappa shape index (κ2) is 9.96. The van der Waals surface area contributed by atoms with Gasteiger partial charge in [-0.2, -0.15) is 13.2 Å². The van der Waals surface area contributed by atoms with Crippen molar-refractivity contribution in [2.24, 2.45) is 0 Å². The average molecular weight is 485 g/mol. The summed E-state index contributed by atoms with van der Waals surface area (Å²) in [6.45, 7) is 1.70. The molecule has 0 atom stereocenters. The van der Waals surface area contributed by atoms with Crippen molar-refractivity contribution in [2.45, 2.75) is 29.6 Å². The van der Waals surface area contributed by atoms with Crippen LogP contribution >= 0.6 is 23.1 Å². The predicted molar refractivity (Wildman–Crippen MR) is 110 cm³/mol. The van der Waals surface area contributed by atoms with Gasteiger partial charge in [0.05, 0.1) is 16.9 Å². The first-order valence-corrected chi connectivity index (χ1v) is 10.7. The van der Waals surface area contributed by atoms with Crippen LogP contribution in [-0.4, -0.2) is 22.1 Å². The molecule has 0 bridgehead atoms. The van der Waals surface area contributed by atoms with Gasteiger partial charge in [0.15, 0.2) is 4.34 Å². The third-order valence-corrected chi connectivity index (χ3v) is 5.81. The minimum absolute atomic E-state index is 0.177. The van der Waals surface area contributed by atoms with Crippen molar-refractivity contribution in [1.82, 2.24) is 10.2 Å². The van der Waals surface area contributed by atoms with Crippen molar-refractivity contribution in [3.63, 3.8) is 0 Å². The van der Waals surface area contributed by atoms with Gasteiger partial charge in [0.1, 0.15) is 12.0 Å². The van der Waals surface area contributed by atoms with Gasteiger partial charge >= 0.3 is 12.1 Å². The SMILES string of the molecule is CCC(=O)Nc1nnc(SCc2cc(=O)c(OC(=O)c3ccccc3C(F)(F)F)co2)s1. The fraction of sp³-hybridized carbons (Fsp3) is 0.211. The van der Waals surface area contributed by atoms with Crippen molar-refractivity contribution in [2.75, 3.05) is 5.32 Å². The van der Waals surface area contributed by atoms with Gasteiger partial charge in [0.25, 0.3) is 0 Å². The lowest BCUT2D eigenvalue weighted by molar-refractivity contribution is -0.138. The maximum absolute atomic E-state index is 13.1. The fourth-order valence-electron chi connectivity index (χ4n) is 2.31. The van der Waals surface area contributed by atoms with Gasteiger partial charge in [0, 0.05) is 12.5 Å². The third-order valence-electron chi connectivity index (χ3n) is 3.82. The van der Waals surface area contributed by atoms with Crippen molar-refractivity contribution in [3.05, 3.63) is 63.7 Å². The van der Waals surface area contributed by atoms with Gasteiger partial charge in [-0.15, -0.1) is 10.2 Å². The number of ether oxygens (including phenoxy) is 1. The molecule has 2 heterocycles. The number of thioether (sulfide) groups is 1. The third kappa shape index (κ3) is 5.95. The Morgan fingerprint density at radius 2 is 2.00 bits per heavy atom. The van der Waals surface area contributed by atoms with Crippen molar-refractivity contribution in [3.8, 4) is 5.75 Å². The number of hydrogen-bond acceptors (Lipinski definition) is 9. The molecule has 168 valence electrons. The van der Waals surface area contributed by atoms with E-state index in [0.717, 1.165) is 41.9 Å². The predicted octanol–water partition coefficient (Wildman–Crippen LogP) is 4.37. The summed E-state index contributed by atoms with van der Waals surface area (Å²) in [4.78, 5) is 35.7. The number of carbonyl (C=O) groups excluding carboxylic acids is 2. The Hall–Kier alpha value is -3.19. The van der Waals surface area contributed by atoms with Crippen LogP contribution in [0, 0.1) is 0 Å². The summed E-state index contributed by atoms with van der Waals surface area (Å²) in [6, 6.07) is 5.15. The molecule has 3 rings (SSSR count). The van der Waals surface area contributed by atoms with Crippen LogP contribution in [0.3, 0.4) is 0 Å². The molecule has 1 N–H and O–H groups in total. The molecule has 32 heavy (non-hydrogen) atoms. The van der Waals surface area contributed by atoms with Crippen LogP contribution in [-0.2, 0) is 16.7 Å². The van der Waals surface area contributed by atoms with Gasteiger partial charge in [-0.05, 0) is 12.1 Å². The van der Waals surface area contributed by atoms with Crippen molar-refractivity contribution >= 4 is 40.1 Å². The molecule has 0 saturated carbocycles. The topological polar surface area (TPSA) is 111 Å². The molecule has 1 aromatic carbocycles. The number of amides is 1. The maximum atomic E-state index is 13.1. The van der Waals surface area contributed by atoms with Crippen molar-refractivity contribution in [1.29, 1.82) is 0 Å². The highest BCUT2D eigenvalue weighted by molar-refractivity contribution is 8.00. The van der Waals surface area contributed by atoms with E-state index in [9.17, 15) is 27.6 Å². The maximum Gasteiger partial charge on any atom is 0.417 e. The number of esters is 1. The molecule has 0 radical (unpaired) electrons. The fourth-order valence-corrected chi connectivity index (χ4v) is 3.97. The zero-order valence-electron chi connectivity index (χ0n) is 16.3. The van der Waals surface area contributed by atoms with Crippen LogP contribution in [0.4, 0.5) is 18.3 Å². The molecular weight excluding hydrogens is 471 g/mol. The Balaban J connectivity index is 1.66. The number of benzene rings is 1. The Labute approximate surface area is 186 Å². The van der Waals surface area contributed by atoms with Crippen LogP contribution in [0.25, 0.3) is 0 Å². The lowest BCUT2D eigenvalue weighted by Gasteiger charge is -2.11. The highest BCUT2D eigenvalue weighted by Gasteiger charge is 2.35. The normalized spacial score (nSPS) is 11.2. The van der Waals surface area contributed by atoms with E-state index in [0.29, 0.717) is 15.9 Å². The van der Waals surface area contributed by atoms with E-state index in [1.807, 2.05) is 0 Å². The molecule has 0 aliphatic rings. The number of aromatic nitrogens is 2. The van der Waals surface area contributed by atoms with E-state index < -0.39 is 34.5 Å². The van der Waals surface area contributed by atoms with Crippen LogP contribution in [0.15, 0.2) is 50.1 Å². The number of nitrogens with zero attached hydrogens (tertiary/aromatic N) is 2. The van der Waals surface area contributed by atoms with E-state index in [4.69, 9.17) is 9.15 Å². The molecule has 0 spiro atoms. The number of nitrogens with one attached hydrogen (secondary N) is 1. The summed E-state index contributed by atoms with van der Waals surface area (Å²) >= 11 is 2.33. The molecule has 1 amide bonds.